The van der Waals surface area contributed by atoms with E-state index in [1.54, 1.807) is 18.0 Å². The molecule has 100 valence electrons. The maximum Gasteiger partial charge on any atom is 0.202 e. The van der Waals surface area contributed by atoms with Gasteiger partial charge in [-0.3, -0.25) is 9.48 Å². The smallest absolute Gasteiger partial charge is 0.202 e. The monoisotopic (exact) mass is 269 g/mol. The van der Waals surface area contributed by atoms with Crippen LogP contribution in [0.15, 0.2) is 6.20 Å². The summed E-state index contributed by atoms with van der Waals surface area (Å²) in [6, 6.07) is -0.120. The molecular formula is C12H19N3O2S. The highest BCUT2D eigenvalue weighted by Gasteiger charge is 2.28. The van der Waals surface area contributed by atoms with Gasteiger partial charge in [-0.05, 0) is 6.42 Å². The molecule has 1 unspecified atom stereocenters. The Morgan fingerprint density at radius 1 is 1.72 bits per heavy atom. The maximum atomic E-state index is 12.5. The molecule has 1 saturated heterocycles. The van der Waals surface area contributed by atoms with Crippen LogP contribution in [0.25, 0.3) is 0 Å². The zero-order chi connectivity index (χ0) is 13.0. The molecule has 1 aliphatic rings. The van der Waals surface area contributed by atoms with Crippen molar-refractivity contribution >= 4 is 17.5 Å². The van der Waals surface area contributed by atoms with Crippen LogP contribution in [0.4, 0.5) is 0 Å². The number of hydrogen-bond acceptors (Lipinski definition) is 5. The van der Waals surface area contributed by atoms with Crippen LogP contribution in [0, 0.1) is 0 Å². The molecule has 2 heterocycles. The second-order valence-corrected chi connectivity index (χ2v) is 5.38. The number of Topliss-reactive ketones (excluding diaryl/α,β-unsaturated/α-hetero) is 1. The number of ether oxygens (including phenoxy) is 1. The van der Waals surface area contributed by atoms with Crippen molar-refractivity contribution in [2.24, 2.45) is 0 Å². The van der Waals surface area contributed by atoms with Crippen LogP contribution in [-0.4, -0.2) is 46.8 Å². The first-order chi connectivity index (χ1) is 8.77. The summed E-state index contributed by atoms with van der Waals surface area (Å²) >= 11 is 1.81. The van der Waals surface area contributed by atoms with E-state index in [1.807, 2.05) is 11.8 Å². The minimum Gasteiger partial charge on any atom is -0.493 e. The first kappa shape index (κ1) is 13.4. The van der Waals surface area contributed by atoms with Crippen molar-refractivity contribution in [3.8, 4) is 5.75 Å². The summed E-state index contributed by atoms with van der Waals surface area (Å²) in [5.74, 6) is 2.55. The van der Waals surface area contributed by atoms with E-state index in [0.29, 0.717) is 11.4 Å². The molecule has 0 amide bonds. The fourth-order valence-electron chi connectivity index (χ4n) is 2.05. The molecular weight excluding hydrogens is 250 g/mol. The van der Waals surface area contributed by atoms with E-state index < -0.39 is 0 Å². The molecule has 1 aromatic rings. The van der Waals surface area contributed by atoms with Crippen LogP contribution in [0.1, 0.15) is 23.8 Å². The largest absolute Gasteiger partial charge is 0.493 e. The van der Waals surface area contributed by atoms with Crippen LogP contribution >= 0.6 is 11.8 Å². The van der Waals surface area contributed by atoms with Gasteiger partial charge in [0.1, 0.15) is 5.69 Å². The highest BCUT2D eigenvalue weighted by Crippen LogP contribution is 2.21. The summed E-state index contributed by atoms with van der Waals surface area (Å²) in [5, 5.41) is 7.49. The van der Waals surface area contributed by atoms with Crippen LogP contribution in [-0.2, 0) is 6.54 Å². The van der Waals surface area contributed by atoms with Gasteiger partial charge in [0.15, 0.2) is 5.75 Å². The Kier molecular flexibility index (Phi) is 4.66. The lowest BCUT2D eigenvalue weighted by atomic mass is 10.1. The number of methoxy groups -OCH3 is 1. The minimum atomic E-state index is -0.120. The Labute approximate surface area is 111 Å². The minimum absolute atomic E-state index is 0.0880. The fraction of sp³-hybridized carbons (Fsp3) is 0.667. The molecule has 0 aromatic carbocycles. The molecule has 0 saturated carbocycles. The zero-order valence-electron chi connectivity index (χ0n) is 10.8. The Balaban J connectivity index is 2.23. The molecule has 1 N–H and O–H groups in total. The van der Waals surface area contributed by atoms with E-state index in [1.165, 1.54) is 0 Å². The summed E-state index contributed by atoms with van der Waals surface area (Å²) in [5.41, 5.74) is 0.597. The van der Waals surface area contributed by atoms with Gasteiger partial charge in [-0.25, -0.2) is 0 Å². The molecule has 0 aliphatic carbocycles. The van der Waals surface area contributed by atoms with Crippen molar-refractivity contribution in [2.75, 3.05) is 25.2 Å². The Hall–Kier alpha value is -1.01. The van der Waals surface area contributed by atoms with Crippen molar-refractivity contribution in [3.63, 3.8) is 0 Å². The quantitative estimate of drug-likeness (QED) is 0.814. The lowest BCUT2D eigenvalue weighted by Crippen LogP contribution is -2.44. The van der Waals surface area contributed by atoms with Crippen molar-refractivity contribution in [1.29, 1.82) is 0 Å². The molecule has 1 atom stereocenters. The van der Waals surface area contributed by atoms with E-state index in [9.17, 15) is 4.79 Å². The van der Waals surface area contributed by atoms with Crippen LogP contribution < -0.4 is 10.1 Å². The number of carbonyl (C=O) groups excluding carboxylic acids is 1. The number of nitrogens with zero attached hydrogens (tertiary/aromatic N) is 2. The van der Waals surface area contributed by atoms with Crippen LogP contribution in [0.2, 0.25) is 0 Å². The predicted octanol–water partition coefficient (Wildman–Crippen LogP) is 1.19. The summed E-state index contributed by atoms with van der Waals surface area (Å²) in [7, 11) is 1.58. The average molecular weight is 269 g/mol. The first-order valence-electron chi connectivity index (χ1n) is 6.23. The maximum absolute atomic E-state index is 12.5. The molecule has 0 bridgehead atoms. The molecule has 2 rings (SSSR count). The van der Waals surface area contributed by atoms with E-state index in [2.05, 4.69) is 17.3 Å². The van der Waals surface area contributed by atoms with Gasteiger partial charge >= 0.3 is 0 Å². The molecule has 18 heavy (non-hydrogen) atoms. The standard InChI is InChI=1S/C12H19N3O2S/c1-3-5-15-11(10(17-2)7-14-15)12(16)9-8-18-6-4-13-9/h7,9,13H,3-6,8H2,1-2H3. The number of nitrogens with one attached hydrogen (secondary N) is 1. The molecule has 1 aromatic heterocycles. The summed E-state index contributed by atoms with van der Waals surface area (Å²) in [6.07, 6.45) is 2.57. The third-order valence-electron chi connectivity index (χ3n) is 2.93. The van der Waals surface area contributed by atoms with Gasteiger partial charge in [0.2, 0.25) is 5.78 Å². The zero-order valence-corrected chi connectivity index (χ0v) is 11.6. The molecule has 6 heteroatoms. The predicted molar refractivity (Wildman–Crippen MR) is 72.5 cm³/mol. The summed E-state index contributed by atoms with van der Waals surface area (Å²) in [6.45, 7) is 3.69. The lowest BCUT2D eigenvalue weighted by Gasteiger charge is -2.22. The molecule has 0 radical (unpaired) electrons. The van der Waals surface area contributed by atoms with E-state index in [-0.39, 0.29) is 11.8 Å². The fourth-order valence-corrected chi connectivity index (χ4v) is 2.98. The lowest BCUT2D eigenvalue weighted by molar-refractivity contribution is 0.0939. The van der Waals surface area contributed by atoms with E-state index in [4.69, 9.17) is 4.74 Å². The van der Waals surface area contributed by atoms with Gasteiger partial charge in [-0.1, -0.05) is 6.92 Å². The molecule has 5 nitrogen and oxygen atoms in total. The van der Waals surface area contributed by atoms with Gasteiger partial charge in [-0.2, -0.15) is 16.9 Å². The van der Waals surface area contributed by atoms with Gasteiger partial charge in [0, 0.05) is 24.6 Å². The second kappa shape index (κ2) is 6.24. The van der Waals surface area contributed by atoms with Gasteiger partial charge in [-0.15, -0.1) is 0 Å². The Bertz CT molecular complexity index is 413. The molecule has 0 spiro atoms. The van der Waals surface area contributed by atoms with Crippen molar-refractivity contribution in [2.45, 2.75) is 25.9 Å². The van der Waals surface area contributed by atoms with Crippen LogP contribution in [0.3, 0.4) is 0 Å². The number of thioether (sulfide) groups is 1. The number of aryl methyl sites for hydroxylation is 1. The third kappa shape index (κ3) is 2.70. The highest BCUT2D eigenvalue weighted by atomic mass is 32.2. The van der Waals surface area contributed by atoms with Crippen molar-refractivity contribution < 1.29 is 9.53 Å². The number of ketones is 1. The SMILES string of the molecule is CCCn1ncc(OC)c1C(=O)C1CSCCN1. The summed E-state index contributed by atoms with van der Waals surface area (Å²) < 4.78 is 7.00. The molecule has 1 fully saturated rings. The number of carbonyl (C=O) groups is 1. The number of hydrogen-bond donors (Lipinski definition) is 1. The third-order valence-corrected chi connectivity index (χ3v) is 3.99. The topological polar surface area (TPSA) is 56.2 Å². The Morgan fingerprint density at radius 3 is 3.17 bits per heavy atom. The summed E-state index contributed by atoms with van der Waals surface area (Å²) in [4.78, 5) is 12.5. The highest BCUT2D eigenvalue weighted by molar-refractivity contribution is 7.99. The second-order valence-electron chi connectivity index (χ2n) is 4.23. The van der Waals surface area contributed by atoms with E-state index in [0.717, 1.165) is 31.0 Å². The first-order valence-corrected chi connectivity index (χ1v) is 7.38. The Morgan fingerprint density at radius 2 is 2.56 bits per heavy atom. The van der Waals surface area contributed by atoms with Crippen molar-refractivity contribution in [1.82, 2.24) is 15.1 Å². The van der Waals surface area contributed by atoms with Gasteiger partial charge in [0.05, 0.1) is 19.3 Å². The van der Waals surface area contributed by atoms with Gasteiger partial charge < -0.3 is 10.1 Å². The van der Waals surface area contributed by atoms with Gasteiger partial charge in [0.25, 0.3) is 0 Å². The average Bonchev–Trinajstić information content (AvgIpc) is 2.82. The number of rotatable bonds is 5. The molecule has 1 aliphatic heterocycles. The number of aromatic nitrogens is 2. The normalized spacial score (nSPS) is 19.8. The van der Waals surface area contributed by atoms with Crippen LogP contribution in [0.5, 0.6) is 5.75 Å². The van der Waals surface area contributed by atoms with E-state index >= 15 is 0 Å². The van der Waals surface area contributed by atoms with Crippen molar-refractivity contribution in [3.05, 3.63) is 11.9 Å².